The van der Waals surface area contributed by atoms with E-state index < -0.39 is 124 Å². The van der Waals surface area contributed by atoms with E-state index in [2.05, 4.69) is 55.6 Å². The number of nitrogens with one attached hydrogen (secondary N) is 1. The molecule has 94 heavy (non-hydrogen) atoms. The smallest absolute Gasteiger partial charge is 0.220 e. The molecule has 3 saturated heterocycles. The number of carbonyl (C=O) groups is 1. The van der Waals surface area contributed by atoms with Gasteiger partial charge >= 0.3 is 0 Å². The third kappa shape index (κ3) is 37.3. The molecule has 0 saturated carbocycles. The predicted octanol–water partition coefficient (Wildman–Crippen LogP) is 11.3. The molecule has 0 aromatic rings. The minimum absolute atomic E-state index is 0.226. The van der Waals surface area contributed by atoms with Crippen molar-refractivity contribution in [3.05, 3.63) is 48.6 Å². The number of aliphatic hydroxyl groups excluding tert-OH is 11. The van der Waals surface area contributed by atoms with E-state index in [9.17, 15) is 61.0 Å². The molecule has 1 amide bonds. The van der Waals surface area contributed by atoms with Gasteiger partial charge in [0.2, 0.25) is 5.91 Å². The molecule has 17 unspecified atom stereocenters. The minimum Gasteiger partial charge on any atom is -0.394 e. The standard InChI is InChI=1S/C75H137NO18/c1-3-5-7-9-11-13-15-17-19-21-23-24-25-26-27-28-29-30-31-32-33-34-35-36-38-40-42-44-46-48-50-52-59(80)58(76-63(81)53-51-49-47-45-43-41-39-37-22-20-18-16-14-12-10-8-6-4-2)57-89-73-69(87)66(84)71(61(55-78)91-73)94-75-70(88)67(85)72(62(56-79)92-75)93-74-68(86)65(83)64(82)60(54-77)90-74/h14,16,20,22,42,44,50,52,58-62,64-75,77-80,82-88H,3-13,15,17-19,21,23-41,43,45-49,51,53-57H2,1-2H3,(H,76,81)/b16-14-,22-20-,44-42+,52-50+. The summed E-state index contributed by atoms with van der Waals surface area (Å²) in [7, 11) is 0. The SMILES string of the molecule is CCCCCC/C=C\C/C=C\CCCCCCCCCC(=O)NC(COC1OC(CO)C(OC2OC(CO)C(OC3OC(CO)C(O)C(O)C3O)C(O)C2O)C(O)C1O)C(O)/C=C/CC/C=C/CCCCCCCCCCCCCCCCCCCCCCCCCCC. The Morgan fingerprint density at radius 1 is 0.383 bits per heavy atom. The summed E-state index contributed by atoms with van der Waals surface area (Å²) in [6, 6.07) is -0.997. The second kappa shape index (κ2) is 56.5. The van der Waals surface area contributed by atoms with Crippen LogP contribution in [0.2, 0.25) is 0 Å². The van der Waals surface area contributed by atoms with E-state index in [-0.39, 0.29) is 18.9 Å². The Labute approximate surface area is 567 Å². The van der Waals surface area contributed by atoms with Crippen LogP contribution >= 0.6 is 0 Å². The van der Waals surface area contributed by atoms with Gasteiger partial charge in [0.25, 0.3) is 0 Å². The number of ether oxygens (including phenoxy) is 6. The predicted molar refractivity (Wildman–Crippen MR) is 369 cm³/mol. The first kappa shape index (κ1) is 86.0. The van der Waals surface area contributed by atoms with Crippen molar-refractivity contribution in [2.45, 2.75) is 394 Å². The zero-order valence-corrected chi connectivity index (χ0v) is 58.4. The molecule has 0 aromatic heterocycles. The molecule has 0 bridgehead atoms. The molecule has 3 aliphatic heterocycles. The van der Waals surface area contributed by atoms with E-state index in [0.29, 0.717) is 12.8 Å². The van der Waals surface area contributed by atoms with Gasteiger partial charge in [0.1, 0.15) is 73.2 Å². The van der Waals surface area contributed by atoms with Crippen LogP contribution < -0.4 is 5.32 Å². The number of hydrogen-bond acceptors (Lipinski definition) is 18. The van der Waals surface area contributed by atoms with Gasteiger partial charge < -0.3 is 89.9 Å². The molecular formula is C75H137NO18. The van der Waals surface area contributed by atoms with Crippen LogP contribution in [0.4, 0.5) is 0 Å². The van der Waals surface area contributed by atoms with Crippen LogP contribution in [0.3, 0.4) is 0 Å². The molecule has 3 heterocycles. The van der Waals surface area contributed by atoms with E-state index in [1.807, 2.05) is 6.08 Å². The van der Waals surface area contributed by atoms with Crippen LogP contribution in [0.1, 0.15) is 290 Å². The highest BCUT2D eigenvalue weighted by atomic mass is 16.8. The second-order valence-electron chi connectivity index (χ2n) is 27.1. The Morgan fingerprint density at radius 3 is 1.14 bits per heavy atom. The second-order valence-corrected chi connectivity index (χ2v) is 27.1. The summed E-state index contributed by atoms with van der Waals surface area (Å²) in [5.41, 5.74) is 0. The van der Waals surface area contributed by atoms with Gasteiger partial charge in [0, 0.05) is 6.42 Å². The molecule has 19 heteroatoms. The van der Waals surface area contributed by atoms with Gasteiger partial charge in [-0.2, -0.15) is 0 Å². The van der Waals surface area contributed by atoms with Crippen LogP contribution in [0.15, 0.2) is 48.6 Å². The molecule has 0 radical (unpaired) electrons. The van der Waals surface area contributed by atoms with Gasteiger partial charge in [-0.15, -0.1) is 0 Å². The number of amides is 1. The molecule has 0 aromatic carbocycles. The van der Waals surface area contributed by atoms with Gasteiger partial charge in [-0.3, -0.25) is 4.79 Å². The first-order valence-electron chi connectivity index (χ1n) is 37.9. The van der Waals surface area contributed by atoms with Crippen LogP contribution in [0.25, 0.3) is 0 Å². The number of aliphatic hydroxyl groups is 11. The minimum atomic E-state index is -1.98. The highest BCUT2D eigenvalue weighted by Gasteiger charge is 2.53. The Kier molecular flexibility index (Phi) is 51.7. The maximum atomic E-state index is 13.4. The Bertz CT molecular complexity index is 1890. The van der Waals surface area contributed by atoms with Gasteiger partial charge in [-0.1, -0.05) is 268 Å². The van der Waals surface area contributed by atoms with E-state index in [1.165, 1.54) is 180 Å². The first-order chi connectivity index (χ1) is 45.8. The Hall–Kier alpha value is -2.25. The molecule has 12 N–H and O–H groups in total. The molecule has 550 valence electrons. The van der Waals surface area contributed by atoms with Crippen molar-refractivity contribution in [3.63, 3.8) is 0 Å². The summed E-state index contributed by atoms with van der Waals surface area (Å²) < 4.78 is 34.4. The van der Waals surface area contributed by atoms with Crippen molar-refractivity contribution in [1.82, 2.24) is 5.32 Å². The normalized spacial score (nSPS) is 27.6. The van der Waals surface area contributed by atoms with Crippen molar-refractivity contribution in [2.24, 2.45) is 0 Å². The molecular weight excluding hydrogens is 1200 g/mol. The van der Waals surface area contributed by atoms with Crippen molar-refractivity contribution in [3.8, 4) is 0 Å². The molecule has 0 spiro atoms. The highest BCUT2D eigenvalue weighted by Crippen LogP contribution is 2.33. The first-order valence-corrected chi connectivity index (χ1v) is 37.9. The Balaban J connectivity index is 1.40. The quantitative estimate of drug-likeness (QED) is 0.0199. The summed E-state index contributed by atoms with van der Waals surface area (Å²) >= 11 is 0. The van der Waals surface area contributed by atoms with Gasteiger partial charge in [-0.05, 0) is 64.2 Å². The van der Waals surface area contributed by atoms with Crippen LogP contribution in [0, 0.1) is 0 Å². The number of carbonyl (C=O) groups excluding carboxylic acids is 1. The fourth-order valence-electron chi connectivity index (χ4n) is 12.7. The van der Waals surface area contributed by atoms with Crippen molar-refractivity contribution in [2.75, 3.05) is 26.4 Å². The Morgan fingerprint density at radius 2 is 0.713 bits per heavy atom. The number of unbranched alkanes of at least 4 members (excludes halogenated alkanes) is 37. The average molecular weight is 1340 g/mol. The molecule has 3 rings (SSSR count). The summed E-state index contributed by atoms with van der Waals surface area (Å²) in [5, 5.41) is 121. The van der Waals surface area contributed by atoms with Gasteiger partial charge in [0.15, 0.2) is 18.9 Å². The maximum absolute atomic E-state index is 13.4. The summed E-state index contributed by atoms with van der Waals surface area (Å²) in [6.45, 7) is 1.72. The summed E-state index contributed by atoms with van der Waals surface area (Å²) in [4.78, 5) is 13.4. The highest BCUT2D eigenvalue weighted by molar-refractivity contribution is 5.76. The zero-order valence-electron chi connectivity index (χ0n) is 58.4. The lowest BCUT2D eigenvalue weighted by Gasteiger charge is -2.48. The summed E-state index contributed by atoms with van der Waals surface area (Å²) in [5.74, 6) is -0.292. The summed E-state index contributed by atoms with van der Waals surface area (Å²) in [6.07, 6.45) is 42.5. The lowest BCUT2D eigenvalue weighted by atomic mass is 9.96. The van der Waals surface area contributed by atoms with Crippen molar-refractivity contribution >= 4 is 5.91 Å². The number of allylic oxidation sites excluding steroid dienone is 7. The fourth-order valence-corrected chi connectivity index (χ4v) is 12.7. The van der Waals surface area contributed by atoms with Gasteiger partial charge in [0.05, 0.1) is 38.6 Å². The monoisotopic (exact) mass is 1340 g/mol. The largest absolute Gasteiger partial charge is 0.394 e. The topological polar surface area (TPSA) is 307 Å². The van der Waals surface area contributed by atoms with E-state index >= 15 is 0 Å². The zero-order chi connectivity index (χ0) is 68.2. The number of rotatable bonds is 59. The fraction of sp³-hybridized carbons (Fsp3) is 0.880. The molecule has 17 atom stereocenters. The van der Waals surface area contributed by atoms with E-state index in [0.717, 1.165) is 77.0 Å². The third-order valence-electron chi connectivity index (χ3n) is 18.8. The van der Waals surface area contributed by atoms with Crippen molar-refractivity contribution in [1.29, 1.82) is 0 Å². The van der Waals surface area contributed by atoms with Crippen LogP contribution in [-0.4, -0.2) is 193 Å². The lowest BCUT2D eigenvalue weighted by Crippen LogP contribution is -2.66. The molecule has 0 aliphatic carbocycles. The third-order valence-corrected chi connectivity index (χ3v) is 18.8. The molecule has 3 aliphatic rings. The van der Waals surface area contributed by atoms with E-state index in [1.54, 1.807) is 6.08 Å². The van der Waals surface area contributed by atoms with Crippen LogP contribution in [-0.2, 0) is 33.2 Å². The van der Waals surface area contributed by atoms with Crippen molar-refractivity contribution < 1.29 is 89.4 Å². The van der Waals surface area contributed by atoms with Gasteiger partial charge in [-0.25, -0.2) is 0 Å². The molecule has 19 nitrogen and oxygen atoms in total. The average Bonchev–Trinajstić information content (AvgIpc) is 0.787. The number of hydrogen-bond donors (Lipinski definition) is 12. The lowest BCUT2D eigenvalue weighted by molar-refractivity contribution is -0.379. The van der Waals surface area contributed by atoms with E-state index in [4.69, 9.17) is 28.4 Å². The maximum Gasteiger partial charge on any atom is 0.220 e. The van der Waals surface area contributed by atoms with Crippen LogP contribution in [0.5, 0.6) is 0 Å². The molecule has 3 fully saturated rings.